The number of aromatic nitrogens is 1. The van der Waals surface area contributed by atoms with Crippen LogP contribution in [0.3, 0.4) is 0 Å². The van der Waals surface area contributed by atoms with Crippen LogP contribution in [-0.2, 0) is 20.9 Å². The number of benzene rings is 1. The number of likely N-dealkylation sites (tertiary alicyclic amines) is 1. The number of carbonyl (C=O) groups excluding carboxylic acids is 3. The molecule has 2 aromatic rings. The van der Waals surface area contributed by atoms with Crippen LogP contribution in [0.5, 0.6) is 0 Å². The normalized spacial score (nSPS) is 19.2. The number of ether oxygens (including phenoxy) is 1. The highest BCUT2D eigenvalue weighted by atomic mass is 32.1. The lowest BCUT2D eigenvalue weighted by molar-refractivity contribution is -0.150. The molecule has 4 N–H and O–H groups in total. The molecule has 1 unspecified atom stereocenters. The first-order chi connectivity index (χ1) is 15.5. The van der Waals surface area contributed by atoms with Crippen LogP contribution in [0, 0.1) is 12.3 Å². The van der Waals surface area contributed by atoms with Crippen molar-refractivity contribution in [1.82, 2.24) is 15.2 Å². The van der Waals surface area contributed by atoms with Gasteiger partial charge in [0.15, 0.2) is 6.10 Å². The standard InChI is InChI=1S/C23H30N4O5S/c1-13-18(33-12-26-13)15-7-5-14(6-8-15)10-25-20(29)17-9-16(28)11-27(17)21(30)19(23(2,3)4)32-22(24)31/h5-8,12,16-17,19,28H,9-11H2,1-4H3,(H2,24,31)(H,25,29)/t16-,17-,19?/m0/s1. The molecule has 0 bridgehead atoms. The van der Waals surface area contributed by atoms with Crippen LogP contribution < -0.4 is 11.1 Å². The lowest BCUT2D eigenvalue weighted by Gasteiger charge is -2.33. The molecular weight excluding hydrogens is 444 g/mol. The lowest BCUT2D eigenvalue weighted by atomic mass is 9.88. The third kappa shape index (κ3) is 5.88. The number of nitrogens with zero attached hydrogens (tertiary/aromatic N) is 2. The summed E-state index contributed by atoms with van der Waals surface area (Å²) in [5.41, 5.74) is 9.14. The Kier molecular flexibility index (Phi) is 7.38. The topological polar surface area (TPSA) is 135 Å². The molecule has 1 fully saturated rings. The third-order valence-electron chi connectivity index (χ3n) is 5.54. The van der Waals surface area contributed by atoms with Crippen molar-refractivity contribution in [2.45, 2.75) is 58.9 Å². The molecule has 0 saturated carbocycles. The molecule has 10 heteroatoms. The fourth-order valence-corrected chi connectivity index (χ4v) is 4.64. The molecule has 3 amide bonds. The zero-order valence-corrected chi connectivity index (χ0v) is 20.0. The zero-order chi connectivity index (χ0) is 24.3. The van der Waals surface area contributed by atoms with E-state index >= 15 is 0 Å². The Labute approximate surface area is 196 Å². The van der Waals surface area contributed by atoms with Gasteiger partial charge in [-0.25, -0.2) is 9.78 Å². The Bertz CT molecular complexity index is 1010. The maximum atomic E-state index is 13.1. The minimum atomic E-state index is -1.17. The minimum Gasteiger partial charge on any atom is -0.436 e. The molecule has 0 aliphatic carbocycles. The number of rotatable bonds is 6. The van der Waals surface area contributed by atoms with E-state index in [0.29, 0.717) is 0 Å². The highest BCUT2D eigenvalue weighted by molar-refractivity contribution is 7.13. The molecule has 1 aliphatic rings. The number of hydrogen-bond acceptors (Lipinski definition) is 7. The number of aliphatic hydroxyl groups excluding tert-OH is 1. The van der Waals surface area contributed by atoms with Gasteiger partial charge in [-0.15, -0.1) is 11.3 Å². The monoisotopic (exact) mass is 474 g/mol. The van der Waals surface area contributed by atoms with Gasteiger partial charge in [0, 0.05) is 24.9 Å². The Morgan fingerprint density at radius 3 is 2.52 bits per heavy atom. The smallest absolute Gasteiger partial charge is 0.405 e. The van der Waals surface area contributed by atoms with Gasteiger partial charge in [0.2, 0.25) is 5.91 Å². The van der Waals surface area contributed by atoms with Gasteiger partial charge in [0.1, 0.15) is 6.04 Å². The Morgan fingerprint density at radius 2 is 1.97 bits per heavy atom. The van der Waals surface area contributed by atoms with Gasteiger partial charge in [0.25, 0.3) is 5.91 Å². The van der Waals surface area contributed by atoms with Crippen molar-refractivity contribution in [1.29, 1.82) is 0 Å². The predicted octanol–water partition coefficient (Wildman–Crippen LogP) is 2.21. The fourth-order valence-electron chi connectivity index (χ4n) is 3.83. The summed E-state index contributed by atoms with van der Waals surface area (Å²) in [7, 11) is 0. The van der Waals surface area contributed by atoms with Crippen molar-refractivity contribution < 1.29 is 24.2 Å². The summed E-state index contributed by atoms with van der Waals surface area (Å²) in [6.07, 6.45) is -2.98. The first-order valence-electron chi connectivity index (χ1n) is 10.7. The van der Waals surface area contributed by atoms with Crippen LogP contribution in [0.15, 0.2) is 29.8 Å². The summed E-state index contributed by atoms with van der Waals surface area (Å²) < 4.78 is 5.06. The second-order valence-electron chi connectivity index (χ2n) is 9.26. The Hall–Kier alpha value is -2.98. The van der Waals surface area contributed by atoms with Gasteiger partial charge in [-0.3, -0.25) is 9.59 Å². The number of aliphatic hydroxyl groups is 1. The number of nitrogens with two attached hydrogens (primary N) is 1. The molecule has 1 aliphatic heterocycles. The van der Waals surface area contributed by atoms with E-state index in [-0.39, 0.29) is 25.4 Å². The number of nitrogens with one attached hydrogen (secondary N) is 1. The second-order valence-corrected chi connectivity index (χ2v) is 10.1. The number of primary amides is 1. The quantitative estimate of drug-likeness (QED) is 0.587. The van der Waals surface area contributed by atoms with Crippen molar-refractivity contribution in [2.75, 3.05) is 6.54 Å². The van der Waals surface area contributed by atoms with Gasteiger partial charge in [-0.1, -0.05) is 45.0 Å². The van der Waals surface area contributed by atoms with Gasteiger partial charge in [-0.2, -0.15) is 0 Å². The molecule has 2 heterocycles. The lowest BCUT2D eigenvalue weighted by Crippen LogP contribution is -2.53. The molecular formula is C23H30N4O5S. The van der Waals surface area contributed by atoms with E-state index in [1.807, 2.05) is 31.2 Å². The minimum absolute atomic E-state index is 0.0193. The molecule has 0 radical (unpaired) electrons. The second kappa shape index (κ2) is 9.88. The summed E-state index contributed by atoms with van der Waals surface area (Å²) in [5, 5.41) is 13.0. The third-order valence-corrected chi connectivity index (χ3v) is 6.52. The van der Waals surface area contributed by atoms with E-state index in [0.717, 1.165) is 21.7 Å². The zero-order valence-electron chi connectivity index (χ0n) is 19.2. The highest BCUT2D eigenvalue weighted by Gasteiger charge is 2.45. The summed E-state index contributed by atoms with van der Waals surface area (Å²) in [4.78, 5) is 44.0. The van der Waals surface area contributed by atoms with Crippen LogP contribution >= 0.6 is 11.3 Å². The maximum absolute atomic E-state index is 13.1. The van der Waals surface area contributed by atoms with Crippen LogP contribution in [0.25, 0.3) is 10.4 Å². The summed E-state index contributed by atoms with van der Waals surface area (Å²) in [6.45, 7) is 7.42. The largest absolute Gasteiger partial charge is 0.436 e. The van der Waals surface area contributed by atoms with Gasteiger partial charge in [0.05, 0.1) is 22.2 Å². The van der Waals surface area contributed by atoms with Crippen LogP contribution in [0.4, 0.5) is 4.79 Å². The van der Waals surface area contributed by atoms with E-state index in [4.69, 9.17) is 10.5 Å². The van der Waals surface area contributed by atoms with Crippen molar-refractivity contribution >= 4 is 29.2 Å². The van der Waals surface area contributed by atoms with Gasteiger partial charge in [-0.05, 0) is 18.1 Å². The Balaban J connectivity index is 1.67. The van der Waals surface area contributed by atoms with Crippen molar-refractivity contribution in [3.05, 3.63) is 41.0 Å². The highest BCUT2D eigenvalue weighted by Crippen LogP contribution is 2.29. The predicted molar refractivity (Wildman–Crippen MR) is 124 cm³/mol. The first kappa shape index (κ1) is 24.7. The van der Waals surface area contributed by atoms with E-state index in [2.05, 4.69) is 10.3 Å². The molecule has 9 nitrogen and oxygen atoms in total. The number of thiazole rings is 1. The average molecular weight is 475 g/mol. The molecule has 0 spiro atoms. The van der Waals surface area contributed by atoms with E-state index in [1.54, 1.807) is 37.6 Å². The molecule has 1 saturated heterocycles. The number of amides is 3. The average Bonchev–Trinajstić information content (AvgIpc) is 3.35. The summed E-state index contributed by atoms with van der Waals surface area (Å²) >= 11 is 1.57. The SMILES string of the molecule is Cc1ncsc1-c1ccc(CNC(=O)[C@@H]2C[C@H](O)CN2C(=O)C(OC(N)=O)C(C)(C)C)cc1. The number of β-amino-alcohol motifs (C(OH)–C–C–N with tert-alkyl or cyclic N) is 1. The van der Waals surface area contributed by atoms with Gasteiger partial charge < -0.3 is 25.8 Å². The molecule has 33 heavy (non-hydrogen) atoms. The van der Waals surface area contributed by atoms with Crippen LogP contribution in [0.1, 0.15) is 38.4 Å². The molecule has 3 atom stereocenters. The van der Waals surface area contributed by atoms with Crippen molar-refractivity contribution in [3.8, 4) is 10.4 Å². The molecule has 3 rings (SSSR count). The fraction of sp³-hybridized carbons (Fsp3) is 0.478. The van der Waals surface area contributed by atoms with Crippen LogP contribution in [0.2, 0.25) is 0 Å². The maximum Gasteiger partial charge on any atom is 0.405 e. The molecule has 1 aromatic heterocycles. The summed E-state index contributed by atoms with van der Waals surface area (Å²) in [6, 6.07) is 6.95. The number of aryl methyl sites for hydroxylation is 1. The number of carbonyl (C=O) groups is 3. The summed E-state index contributed by atoms with van der Waals surface area (Å²) in [5.74, 6) is -0.934. The first-order valence-corrected chi connectivity index (χ1v) is 11.6. The van der Waals surface area contributed by atoms with E-state index < -0.39 is 35.7 Å². The molecule has 1 aromatic carbocycles. The number of hydrogen-bond donors (Lipinski definition) is 3. The van der Waals surface area contributed by atoms with Crippen molar-refractivity contribution in [2.24, 2.45) is 11.1 Å². The van der Waals surface area contributed by atoms with E-state index in [9.17, 15) is 19.5 Å². The van der Waals surface area contributed by atoms with Gasteiger partial charge >= 0.3 is 6.09 Å². The van der Waals surface area contributed by atoms with Crippen LogP contribution in [-0.4, -0.2) is 57.7 Å². The Morgan fingerprint density at radius 1 is 1.30 bits per heavy atom. The van der Waals surface area contributed by atoms with E-state index in [1.165, 1.54) is 4.90 Å². The van der Waals surface area contributed by atoms with Crippen molar-refractivity contribution in [3.63, 3.8) is 0 Å². The molecule has 178 valence electrons.